The SMILES string of the molecule is C.C.CC(C)(C)O[C@@H]1OC(C(=O)NNC(=O)CCN2C(=O)C=CC2=O)[C@@H](OC(C)(C)C)[C@H](O)C1O.CCSC1CC(=O)N(CCC(=O)NNC(=O)C2O[C@H](OC(C)(C)C)C(O)[C@H](O)[C@H]2OC(C)(C)C)C1=O. The second kappa shape index (κ2) is 26.7. The van der Waals surface area contributed by atoms with Crippen LogP contribution in [0.25, 0.3) is 0 Å². The van der Waals surface area contributed by atoms with Crippen LogP contribution in [0.2, 0.25) is 0 Å². The number of nitrogens with zero attached hydrogens (tertiary/aromatic N) is 2. The van der Waals surface area contributed by atoms with Crippen LogP contribution >= 0.6 is 11.8 Å². The monoisotopic (exact) mass is 1040 g/mol. The van der Waals surface area contributed by atoms with Gasteiger partial charge >= 0.3 is 0 Å². The molecule has 0 aromatic carbocycles. The molecule has 8 N–H and O–H groups in total. The van der Waals surface area contributed by atoms with Crippen LogP contribution in [0.1, 0.15) is 124 Å². The van der Waals surface area contributed by atoms with Crippen LogP contribution in [-0.2, 0) is 66.8 Å². The van der Waals surface area contributed by atoms with E-state index in [-0.39, 0.29) is 59.0 Å². The number of ether oxygens (including phenoxy) is 6. The maximum Gasteiger partial charge on any atom is 0.270 e. The van der Waals surface area contributed by atoms with Gasteiger partial charge in [0, 0.05) is 44.5 Å². The fourth-order valence-corrected chi connectivity index (χ4v) is 7.83. The molecule has 3 fully saturated rings. The molecular weight excluding hydrogens is 957 g/mol. The number of aliphatic hydroxyl groups is 4. The lowest BCUT2D eigenvalue weighted by Gasteiger charge is -2.45. The van der Waals surface area contributed by atoms with E-state index in [0.29, 0.717) is 5.75 Å². The van der Waals surface area contributed by atoms with Gasteiger partial charge in [-0.25, -0.2) is 0 Å². The predicted octanol–water partition coefficient (Wildman–Crippen LogP) is 0.0166. The Balaban J connectivity index is 0.000000693. The number of carbonyl (C=O) groups is 8. The van der Waals surface area contributed by atoms with Gasteiger partial charge in [0.2, 0.25) is 23.6 Å². The number of imide groups is 2. The Morgan fingerprint density at radius 2 is 0.944 bits per heavy atom. The Kier molecular flexibility index (Phi) is 24.4. The number of hydrogen-bond donors (Lipinski definition) is 8. The first kappa shape index (κ1) is 64.9. The van der Waals surface area contributed by atoms with Crippen LogP contribution in [0.3, 0.4) is 0 Å². The van der Waals surface area contributed by atoms with E-state index in [1.165, 1.54) is 11.8 Å². The van der Waals surface area contributed by atoms with Crippen molar-refractivity contribution in [1.82, 2.24) is 31.5 Å². The standard InChI is InChI=1S/C23H39N3O9S.C21H33N3O9.2CH4/c1-8-36-12-11-14(28)26(20(12)32)10-9-13(27)24-25-19(31)18-17(34-22(2,3)4)15(29)16(30)21(33-18)35-23(5,6)7;1-20(2,3)32-16-14(28)15(29)19(33-21(4,5)6)31-17(16)18(30)23-22-11(25)9-10-24-12(26)7-8-13(24)27;;/h12,15-18,21,29-30H,8-11H2,1-7H3,(H,24,27)(H,25,31);7-8,14-17,19,28-29H,9-10H2,1-6H3,(H,22,25)(H,23,30);2*1H4/t12?,15-,16?,17+,18?,21+;14-,15?,16+,17?,19+;;/m01../s1. The van der Waals surface area contributed by atoms with Crippen LogP contribution < -0.4 is 21.7 Å². The lowest BCUT2D eigenvalue weighted by Crippen LogP contribution is -2.65. The molecular formula is C46H80N6O18S. The van der Waals surface area contributed by atoms with Crippen molar-refractivity contribution in [3.05, 3.63) is 12.2 Å². The summed E-state index contributed by atoms with van der Waals surface area (Å²) in [6.45, 7) is 22.2. The number of rotatable bonds is 14. The molecule has 5 unspecified atom stereocenters. The highest BCUT2D eigenvalue weighted by Gasteiger charge is 2.52. The lowest BCUT2D eigenvalue weighted by atomic mass is 9.96. The van der Waals surface area contributed by atoms with Crippen molar-refractivity contribution in [2.75, 3.05) is 18.8 Å². The number of thioether (sulfide) groups is 1. The zero-order valence-corrected chi connectivity index (χ0v) is 42.4. The second-order valence-electron chi connectivity index (χ2n) is 20.4. The van der Waals surface area contributed by atoms with Crippen molar-refractivity contribution in [2.45, 2.75) is 213 Å². The Bertz CT molecular complexity index is 1880. The lowest BCUT2D eigenvalue weighted by molar-refractivity contribution is -0.324. The molecule has 0 aliphatic carbocycles. The number of hydrogen-bond acceptors (Lipinski definition) is 19. The predicted molar refractivity (Wildman–Crippen MR) is 257 cm³/mol. The summed E-state index contributed by atoms with van der Waals surface area (Å²) in [5, 5.41) is 41.9. The highest BCUT2D eigenvalue weighted by molar-refractivity contribution is 8.00. The molecule has 71 heavy (non-hydrogen) atoms. The van der Waals surface area contributed by atoms with Gasteiger partial charge in [0.1, 0.15) is 36.6 Å². The fourth-order valence-electron chi connectivity index (χ4n) is 6.89. The van der Waals surface area contributed by atoms with Gasteiger partial charge in [-0.3, -0.25) is 69.9 Å². The summed E-state index contributed by atoms with van der Waals surface area (Å²) in [5.74, 6) is -3.98. The van der Waals surface area contributed by atoms with Crippen LogP contribution in [-0.4, -0.2) is 185 Å². The van der Waals surface area contributed by atoms with Gasteiger partial charge in [-0.05, 0) is 88.8 Å². The zero-order chi connectivity index (χ0) is 52.6. The fraction of sp³-hybridized carbons (Fsp3) is 0.783. The summed E-state index contributed by atoms with van der Waals surface area (Å²) in [5.41, 5.74) is 5.73. The first-order valence-electron chi connectivity index (χ1n) is 22.5. The molecule has 4 aliphatic rings. The van der Waals surface area contributed by atoms with Crippen molar-refractivity contribution >= 4 is 59.0 Å². The van der Waals surface area contributed by atoms with Gasteiger partial charge in [0.15, 0.2) is 24.8 Å². The van der Waals surface area contributed by atoms with Gasteiger partial charge in [0.25, 0.3) is 23.6 Å². The van der Waals surface area contributed by atoms with Crippen LogP contribution in [0, 0.1) is 0 Å². The molecule has 4 aliphatic heterocycles. The minimum atomic E-state index is -1.52. The molecule has 0 spiro atoms. The summed E-state index contributed by atoms with van der Waals surface area (Å²) in [7, 11) is 0. The summed E-state index contributed by atoms with van der Waals surface area (Å²) < 4.78 is 34.2. The van der Waals surface area contributed by atoms with Gasteiger partial charge in [0.05, 0.1) is 27.7 Å². The van der Waals surface area contributed by atoms with E-state index in [4.69, 9.17) is 28.4 Å². The van der Waals surface area contributed by atoms with Gasteiger partial charge in [-0.15, -0.1) is 11.8 Å². The third kappa shape index (κ3) is 20.0. The molecule has 24 nitrogen and oxygen atoms in total. The third-order valence-electron chi connectivity index (χ3n) is 9.77. The van der Waals surface area contributed by atoms with E-state index in [1.807, 2.05) is 6.92 Å². The van der Waals surface area contributed by atoms with Crippen molar-refractivity contribution in [3.63, 3.8) is 0 Å². The minimum Gasteiger partial charge on any atom is -0.387 e. The highest BCUT2D eigenvalue weighted by Crippen LogP contribution is 2.32. The average molecular weight is 1040 g/mol. The van der Waals surface area contributed by atoms with Crippen LogP contribution in [0.5, 0.6) is 0 Å². The van der Waals surface area contributed by atoms with Gasteiger partial charge in [-0.2, -0.15) is 0 Å². The summed E-state index contributed by atoms with van der Waals surface area (Å²) in [6, 6.07) is 0. The molecule has 0 saturated carbocycles. The van der Waals surface area contributed by atoms with E-state index in [1.54, 1.807) is 83.1 Å². The number of carbonyl (C=O) groups excluding carboxylic acids is 8. The van der Waals surface area contributed by atoms with Crippen molar-refractivity contribution < 1.29 is 87.2 Å². The van der Waals surface area contributed by atoms with Gasteiger partial charge < -0.3 is 48.8 Å². The Hall–Kier alpha value is -4.15. The average Bonchev–Trinajstić information content (AvgIpc) is 3.68. The zero-order valence-electron chi connectivity index (χ0n) is 41.6. The molecule has 0 aromatic rings. The first-order chi connectivity index (χ1) is 31.6. The second-order valence-corrected chi connectivity index (χ2v) is 21.9. The molecule has 408 valence electrons. The number of likely N-dealkylation sites (tertiary alicyclic amines) is 1. The van der Waals surface area contributed by atoms with Crippen LogP contribution in [0.15, 0.2) is 12.2 Å². The van der Waals surface area contributed by atoms with Crippen molar-refractivity contribution in [2.24, 2.45) is 0 Å². The quantitative estimate of drug-likeness (QED) is 0.0840. The number of nitrogens with one attached hydrogen (secondary N) is 4. The molecule has 0 bridgehead atoms. The topological polar surface area (TPSA) is 327 Å². The van der Waals surface area contributed by atoms with Crippen molar-refractivity contribution in [3.8, 4) is 0 Å². The normalized spacial score (nSPS) is 28.0. The Labute approximate surface area is 420 Å². The minimum absolute atomic E-state index is 0. The third-order valence-corrected chi connectivity index (χ3v) is 10.9. The molecule has 25 heteroatoms. The molecule has 8 amide bonds. The smallest absolute Gasteiger partial charge is 0.270 e. The summed E-state index contributed by atoms with van der Waals surface area (Å²) in [6.07, 6.45) is -12.2. The Morgan fingerprint density at radius 1 is 0.592 bits per heavy atom. The van der Waals surface area contributed by atoms with Gasteiger partial charge in [-0.1, -0.05) is 21.8 Å². The van der Waals surface area contributed by atoms with Crippen LogP contribution in [0.4, 0.5) is 0 Å². The molecule has 0 radical (unpaired) electrons. The molecule has 0 aromatic heterocycles. The van der Waals surface area contributed by atoms with E-state index >= 15 is 0 Å². The first-order valence-corrected chi connectivity index (χ1v) is 23.6. The summed E-state index contributed by atoms with van der Waals surface area (Å²) >= 11 is 1.38. The maximum atomic E-state index is 12.9. The maximum absolute atomic E-state index is 12.9. The van der Waals surface area contributed by atoms with E-state index < -0.39 is 125 Å². The number of aliphatic hydroxyl groups excluding tert-OH is 4. The number of hydrazine groups is 2. The molecule has 3 saturated heterocycles. The molecule has 4 heterocycles. The Morgan fingerprint density at radius 3 is 1.28 bits per heavy atom. The largest absolute Gasteiger partial charge is 0.387 e. The number of amides is 8. The highest BCUT2D eigenvalue weighted by atomic mass is 32.2. The van der Waals surface area contributed by atoms with E-state index in [2.05, 4.69) is 21.7 Å². The van der Waals surface area contributed by atoms with Crippen molar-refractivity contribution in [1.29, 1.82) is 0 Å². The van der Waals surface area contributed by atoms with E-state index in [9.17, 15) is 58.8 Å². The van der Waals surface area contributed by atoms with E-state index in [0.717, 1.165) is 22.0 Å². The summed E-state index contributed by atoms with van der Waals surface area (Å²) in [4.78, 5) is 99.6. The molecule has 4 rings (SSSR count). The molecule has 11 atom stereocenters.